The van der Waals surface area contributed by atoms with Gasteiger partial charge in [-0.3, -0.25) is 10.2 Å². The minimum absolute atomic E-state index is 0. The van der Waals surface area contributed by atoms with Crippen molar-refractivity contribution in [3.05, 3.63) is 0 Å². The summed E-state index contributed by atoms with van der Waals surface area (Å²) in [5, 5.41) is 6.86. The molecule has 0 aliphatic rings. The second-order valence-corrected chi connectivity index (χ2v) is 2.02. The Kier molecular flexibility index (Phi) is 9.11. The second-order valence-electron chi connectivity index (χ2n) is 2.02. The number of Topliss-reactive ketones (excluding diaryl/α,β-unsaturated/α-hetero) is 1. The van der Waals surface area contributed by atoms with E-state index in [0.717, 1.165) is 0 Å². The summed E-state index contributed by atoms with van der Waals surface area (Å²) in [6, 6.07) is 0. The smallest absolute Gasteiger partial charge is 0.252 e. The summed E-state index contributed by atoms with van der Waals surface area (Å²) in [5.74, 6) is -1.17. The molecule has 3 N–H and O–H groups in total. The molecule has 0 aromatic heterocycles. The molecule has 0 spiro atoms. The van der Waals surface area contributed by atoms with E-state index in [0.29, 0.717) is 13.2 Å². The molecule has 0 atom stereocenters. The molecule has 5 nitrogen and oxygen atoms in total. The third kappa shape index (κ3) is 5.57. The molecule has 0 saturated heterocycles. The number of ketones is 1. The first kappa shape index (κ1) is 14.9. The van der Waals surface area contributed by atoms with E-state index in [2.05, 4.69) is 0 Å². The van der Waals surface area contributed by atoms with Crippen LogP contribution in [0.15, 0.2) is 0 Å². The van der Waals surface area contributed by atoms with Gasteiger partial charge in [-0.25, -0.2) is 0 Å². The fourth-order valence-corrected chi connectivity index (χ4v) is 0.629. The fraction of sp³-hybridized carbons (Fsp3) is 0.714. The highest BCUT2D eigenvalue weighted by atomic mass is 35.5. The third-order valence-corrected chi connectivity index (χ3v) is 1.12. The van der Waals surface area contributed by atoms with Crippen LogP contribution in [0.5, 0.6) is 0 Å². The second kappa shape index (κ2) is 7.97. The summed E-state index contributed by atoms with van der Waals surface area (Å²) in [6.45, 7) is 4.17. The molecule has 0 aliphatic carbocycles. The van der Waals surface area contributed by atoms with E-state index >= 15 is 0 Å². The topological polar surface area (TPSA) is 85.4 Å². The van der Waals surface area contributed by atoms with Crippen LogP contribution in [-0.4, -0.2) is 31.1 Å². The molecule has 0 aromatic carbocycles. The van der Waals surface area contributed by atoms with E-state index in [4.69, 9.17) is 20.6 Å². The number of hydrogen-bond donors (Lipinski definition) is 2. The Balaban J connectivity index is 0. The molecule has 6 heteroatoms. The fourth-order valence-electron chi connectivity index (χ4n) is 0.629. The van der Waals surface area contributed by atoms with Crippen LogP contribution in [-0.2, 0) is 14.3 Å². The highest BCUT2D eigenvalue weighted by Gasteiger charge is 2.20. The highest BCUT2D eigenvalue weighted by molar-refractivity contribution is 6.38. The largest absolute Gasteiger partial charge is 0.381 e. The molecule has 0 bridgehead atoms. The first-order valence-corrected chi connectivity index (χ1v) is 3.74. The van der Waals surface area contributed by atoms with Gasteiger partial charge in [0.05, 0.1) is 0 Å². The molecular weight excluding hydrogens is 196 g/mol. The lowest BCUT2D eigenvalue weighted by Crippen LogP contribution is -2.37. The van der Waals surface area contributed by atoms with Crippen molar-refractivity contribution in [1.29, 1.82) is 5.41 Å². The molecular formula is C7H15ClN2O3. The van der Waals surface area contributed by atoms with E-state index in [1.54, 1.807) is 13.8 Å². The van der Waals surface area contributed by atoms with Crippen molar-refractivity contribution in [2.24, 2.45) is 5.73 Å². The lowest BCUT2D eigenvalue weighted by Gasteiger charge is -2.13. The van der Waals surface area contributed by atoms with Crippen LogP contribution >= 0.6 is 12.4 Å². The van der Waals surface area contributed by atoms with Crippen molar-refractivity contribution in [3.8, 4) is 0 Å². The zero-order valence-electron chi connectivity index (χ0n) is 7.70. The van der Waals surface area contributed by atoms with Gasteiger partial charge in [-0.1, -0.05) is 0 Å². The average Bonchev–Trinajstić information content (AvgIpc) is 2.03. The van der Waals surface area contributed by atoms with Crippen LogP contribution in [0, 0.1) is 5.41 Å². The van der Waals surface area contributed by atoms with Gasteiger partial charge >= 0.3 is 0 Å². The van der Waals surface area contributed by atoms with Gasteiger partial charge in [0.15, 0.2) is 5.84 Å². The summed E-state index contributed by atoms with van der Waals surface area (Å²) < 4.78 is 9.83. The molecule has 13 heavy (non-hydrogen) atoms. The number of nitrogens with one attached hydrogen (secondary N) is 1. The van der Waals surface area contributed by atoms with E-state index in [-0.39, 0.29) is 12.4 Å². The third-order valence-electron chi connectivity index (χ3n) is 1.12. The minimum atomic E-state index is -1.02. The summed E-state index contributed by atoms with van der Waals surface area (Å²) in [5.41, 5.74) is 4.97. The maximum absolute atomic E-state index is 11.0. The number of carbonyl (C=O) groups is 1. The van der Waals surface area contributed by atoms with E-state index in [1.165, 1.54) is 0 Å². The zero-order chi connectivity index (χ0) is 9.56. The normalized spacial score (nSPS) is 9.46. The standard InChI is InChI=1S/C7H14N2O3.ClH/c1-3-11-7(12-4-2)5(10)6(8)9;/h7H,3-4H2,1-2H3,(H3,8,9);1H. The van der Waals surface area contributed by atoms with Gasteiger partial charge in [-0.15, -0.1) is 12.4 Å². The summed E-state index contributed by atoms with van der Waals surface area (Å²) in [4.78, 5) is 11.0. The van der Waals surface area contributed by atoms with Crippen LogP contribution in [0.2, 0.25) is 0 Å². The zero-order valence-corrected chi connectivity index (χ0v) is 8.52. The Labute approximate surface area is 83.5 Å². The number of ether oxygens (including phenoxy) is 2. The first-order valence-electron chi connectivity index (χ1n) is 3.74. The summed E-state index contributed by atoms with van der Waals surface area (Å²) in [6.07, 6.45) is -1.02. The maximum Gasteiger partial charge on any atom is 0.252 e. The van der Waals surface area contributed by atoms with Crippen molar-refractivity contribution >= 4 is 24.0 Å². The SMILES string of the molecule is CCOC(OCC)C(=O)C(=N)N.Cl. The monoisotopic (exact) mass is 210 g/mol. The van der Waals surface area contributed by atoms with E-state index < -0.39 is 17.9 Å². The molecule has 0 saturated carbocycles. The molecule has 0 aliphatic heterocycles. The summed E-state index contributed by atoms with van der Waals surface area (Å²) >= 11 is 0. The van der Waals surface area contributed by atoms with Crippen LogP contribution in [0.25, 0.3) is 0 Å². The molecule has 0 amide bonds. The van der Waals surface area contributed by atoms with Gasteiger partial charge in [0.1, 0.15) is 0 Å². The average molecular weight is 211 g/mol. The van der Waals surface area contributed by atoms with Gasteiger partial charge in [0, 0.05) is 13.2 Å². The number of carbonyl (C=O) groups excluding carboxylic acids is 1. The van der Waals surface area contributed by atoms with Crippen LogP contribution < -0.4 is 5.73 Å². The molecule has 0 radical (unpaired) electrons. The predicted octanol–water partition coefficient (Wildman–Crippen LogP) is 0.312. The molecule has 0 rings (SSSR count). The Bertz CT molecular complexity index is 169. The van der Waals surface area contributed by atoms with E-state index in [1.807, 2.05) is 0 Å². The van der Waals surface area contributed by atoms with Crippen molar-refractivity contribution in [3.63, 3.8) is 0 Å². The molecule has 0 unspecified atom stereocenters. The number of halogens is 1. The van der Waals surface area contributed by atoms with Crippen molar-refractivity contribution in [2.45, 2.75) is 20.1 Å². The van der Waals surface area contributed by atoms with E-state index in [9.17, 15) is 4.79 Å². The van der Waals surface area contributed by atoms with Crippen molar-refractivity contribution in [2.75, 3.05) is 13.2 Å². The molecule has 78 valence electrons. The summed E-state index contributed by atoms with van der Waals surface area (Å²) in [7, 11) is 0. The van der Waals surface area contributed by atoms with Crippen LogP contribution in [0.1, 0.15) is 13.8 Å². The number of amidine groups is 1. The number of hydrogen-bond acceptors (Lipinski definition) is 4. The Hall–Kier alpha value is -0.650. The number of nitrogens with two attached hydrogens (primary N) is 1. The van der Waals surface area contributed by atoms with Crippen molar-refractivity contribution in [1.82, 2.24) is 0 Å². The van der Waals surface area contributed by atoms with Gasteiger partial charge in [0.2, 0.25) is 6.29 Å². The molecule has 0 heterocycles. The van der Waals surface area contributed by atoms with Gasteiger partial charge in [-0.05, 0) is 13.8 Å². The Morgan fingerprint density at radius 1 is 1.38 bits per heavy atom. The van der Waals surface area contributed by atoms with Gasteiger partial charge in [-0.2, -0.15) is 0 Å². The van der Waals surface area contributed by atoms with Crippen LogP contribution in [0.3, 0.4) is 0 Å². The van der Waals surface area contributed by atoms with Gasteiger partial charge < -0.3 is 15.2 Å². The van der Waals surface area contributed by atoms with Crippen molar-refractivity contribution < 1.29 is 14.3 Å². The maximum atomic E-state index is 11.0. The lowest BCUT2D eigenvalue weighted by atomic mass is 10.3. The van der Waals surface area contributed by atoms with Crippen LogP contribution in [0.4, 0.5) is 0 Å². The first-order chi connectivity index (χ1) is 5.63. The molecule has 0 fully saturated rings. The molecule has 0 aromatic rings. The Morgan fingerprint density at radius 2 is 1.77 bits per heavy atom. The van der Waals surface area contributed by atoms with Gasteiger partial charge in [0.25, 0.3) is 5.78 Å². The quantitative estimate of drug-likeness (QED) is 0.376. The number of rotatable bonds is 6. The minimum Gasteiger partial charge on any atom is -0.381 e. The lowest BCUT2D eigenvalue weighted by molar-refractivity contribution is -0.161. The predicted molar refractivity (Wildman–Crippen MR) is 51.2 cm³/mol. The highest BCUT2D eigenvalue weighted by Crippen LogP contribution is 1.96. The Morgan fingerprint density at radius 3 is 2.00 bits per heavy atom.